The van der Waals surface area contributed by atoms with Crippen LogP contribution in [0.25, 0.3) is 0 Å². The predicted octanol–water partition coefficient (Wildman–Crippen LogP) is 0.0497. The fourth-order valence-electron chi connectivity index (χ4n) is 1.40. The van der Waals surface area contributed by atoms with E-state index in [-0.39, 0.29) is 10.5 Å². The smallest absolute Gasteiger partial charge is 0.249 e. The Kier molecular flexibility index (Phi) is 2.83. The van der Waals surface area contributed by atoms with Crippen molar-refractivity contribution in [3.8, 4) is 0 Å². The van der Waals surface area contributed by atoms with Gasteiger partial charge in [0.05, 0.1) is 4.90 Å². The monoisotopic (exact) mass is 228 g/mol. The van der Waals surface area contributed by atoms with Crippen molar-refractivity contribution in [1.29, 1.82) is 0 Å². The molecule has 15 heavy (non-hydrogen) atoms. The number of hydrogen-bond donors (Lipinski definition) is 2. The number of carbonyl (C=O) groups is 1. The zero-order chi connectivity index (χ0) is 11.8. The Morgan fingerprint density at radius 1 is 1.20 bits per heavy atom. The molecule has 0 aliphatic carbocycles. The zero-order valence-electron chi connectivity index (χ0n) is 8.44. The maximum atomic E-state index is 11.2. The van der Waals surface area contributed by atoms with Crippen LogP contribution in [0.15, 0.2) is 17.0 Å². The van der Waals surface area contributed by atoms with Crippen LogP contribution in [0.4, 0.5) is 0 Å². The lowest BCUT2D eigenvalue weighted by molar-refractivity contribution is 0.0999. The molecule has 0 aliphatic rings. The average molecular weight is 228 g/mol. The zero-order valence-corrected chi connectivity index (χ0v) is 9.26. The number of hydrogen-bond acceptors (Lipinski definition) is 3. The number of amides is 1. The van der Waals surface area contributed by atoms with Crippen LogP contribution in [-0.2, 0) is 10.0 Å². The Morgan fingerprint density at radius 3 is 2.13 bits per heavy atom. The van der Waals surface area contributed by atoms with E-state index in [1.165, 1.54) is 6.07 Å². The van der Waals surface area contributed by atoms with Gasteiger partial charge in [-0.15, -0.1) is 0 Å². The van der Waals surface area contributed by atoms with Gasteiger partial charge in [-0.2, -0.15) is 0 Å². The van der Waals surface area contributed by atoms with Crippen LogP contribution in [0.5, 0.6) is 0 Å². The van der Waals surface area contributed by atoms with E-state index in [4.69, 9.17) is 10.9 Å². The molecule has 6 heteroatoms. The van der Waals surface area contributed by atoms with E-state index < -0.39 is 15.9 Å². The van der Waals surface area contributed by atoms with Crippen molar-refractivity contribution >= 4 is 15.9 Å². The highest BCUT2D eigenvalue weighted by Crippen LogP contribution is 2.18. The Hall–Kier alpha value is -1.40. The molecular formula is C9H12N2O3S. The minimum absolute atomic E-state index is 0.0677. The van der Waals surface area contributed by atoms with Crippen molar-refractivity contribution in [3.05, 3.63) is 28.8 Å². The maximum absolute atomic E-state index is 11.2. The Labute approximate surface area is 88.1 Å². The van der Waals surface area contributed by atoms with Gasteiger partial charge < -0.3 is 5.73 Å². The highest BCUT2D eigenvalue weighted by molar-refractivity contribution is 7.89. The van der Waals surface area contributed by atoms with Crippen LogP contribution >= 0.6 is 0 Å². The lowest BCUT2D eigenvalue weighted by Crippen LogP contribution is -2.18. The van der Waals surface area contributed by atoms with E-state index in [9.17, 15) is 13.2 Å². The number of benzene rings is 1. The summed E-state index contributed by atoms with van der Waals surface area (Å²) in [6.45, 7) is 3.29. The molecule has 1 rings (SSSR count). The van der Waals surface area contributed by atoms with Gasteiger partial charge in [0.25, 0.3) is 0 Å². The van der Waals surface area contributed by atoms with Crippen LogP contribution in [0.3, 0.4) is 0 Å². The molecule has 1 aromatic rings. The lowest BCUT2D eigenvalue weighted by Gasteiger charge is -2.08. The molecule has 1 amide bonds. The number of sulfonamides is 1. The summed E-state index contributed by atoms with van der Waals surface area (Å²) in [4.78, 5) is 10.9. The molecule has 1 aromatic carbocycles. The van der Waals surface area contributed by atoms with Gasteiger partial charge in [-0.1, -0.05) is 6.07 Å². The molecule has 0 bridgehead atoms. The highest BCUT2D eigenvalue weighted by Gasteiger charge is 2.15. The number of primary amides is 1. The summed E-state index contributed by atoms with van der Waals surface area (Å²) in [5.41, 5.74) is 6.41. The molecule has 0 heterocycles. The van der Waals surface area contributed by atoms with E-state index in [1.54, 1.807) is 19.9 Å². The molecule has 0 aliphatic heterocycles. The van der Waals surface area contributed by atoms with E-state index in [1.807, 2.05) is 0 Å². The molecule has 0 aromatic heterocycles. The Morgan fingerprint density at radius 2 is 1.73 bits per heavy atom. The second kappa shape index (κ2) is 3.63. The Bertz CT molecular complexity index is 520. The topological polar surface area (TPSA) is 103 Å². The molecule has 82 valence electrons. The molecule has 5 nitrogen and oxygen atoms in total. The predicted molar refractivity (Wildman–Crippen MR) is 55.8 cm³/mol. The molecule has 0 unspecified atom stereocenters. The molecule has 0 spiro atoms. The van der Waals surface area contributed by atoms with Crippen LogP contribution in [0.1, 0.15) is 21.5 Å². The van der Waals surface area contributed by atoms with Crippen molar-refractivity contribution in [2.45, 2.75) is 18.7 Å². The van der Waals surface area contributed by atoms with E-state index in [0.29, 0.717) is 11.1 Å². The van der Waals surface area contributed by atoms with Crippen molar-refractivity contribution < 1.29 is 13.2 Å². The van der Waals surface area contributed by atoms with Crippen molar-refractivity contribution in [3.63, 3.8) is 0 Å². The first-order valence-corrected chi connectivity index (χ1v) is 5.72. The van der Waals surface area contributed by atoms with Gasteiger partial charge in [0.1, 0.15) is 0 Å². The number of rotatable bonds is 2. The molecule has 0 saturated carbocycles. The van der Waals surface area contributed by atoms with E-state index in [0.717, 1.165) is 0 Å². The minimum atomic E-state index is -3.81. The van der Waals surface area contributed by atoms with Crippen LogP contribution in [0.2, 0.25) is 0 Å². The summed E-state index contributed by atoms with van der Waals surface area (Å²) in [5.74, 6) is -0.669. The maximum Gasteiger partial charge on any atom is 0.249 e. The second-order valence-electron chi connectivity index (χ2n) is 3.34. The summed E-state index contributed by atoms with van der Waals surface area (Å²) in [6, 6.07) is 2.78. The molecule has 0 saturated heterocycles. The van der Waals surface area contributed by atoms with Gasteiger partial charge in [0, 0.05) is 5.56 Å². The molecular weight excluding hydrogens is 216 g/mol. The van der Waals surface area contributed by atoms with Crippen molar-refractivity contribution in [2.24, 2.45) is 10.9 Å². The third-order valence-electron chi connectivity index (χ3n) is 2.09. The quantitative estimate of drug-likeness (QED) is 0.747. The second-order valence-corrected chi connectivity index (χ2v) is 4.87. The highest BCUT2D eigenvalue weighted by atomic mass is 32.2. The SMILES string of the molecule is Cc1cc(C)c(S(N)(=O)=O)cc1C(N)=O. The van der Waals surface area contributed by atoms with Gasteiger partial charge in [-0.05, 0) is 31.0 Å². The first-order chi connectivity index (χ1) is 6.73. The first-order valence-electron chi connectivity index (χ1n) is 4.17. The van der Waals surface area contributed by atoms with Crippen molar-refractivity contribution in [1.82, 2.24) is 0 Å². The van der Waals surface area contributed by atoms with Gasteiger partial charge in [-0.25, -0.2) is 13.6 Å². The van der Waals surface area contributed by atoms with Gasteiger partial charge in [0.2, 0.25) is 15.9 Å². The van der Waals surface area contributed by atoms with Crippen molar-refractivity contribution in [2.75, 3.05) is 0 Å². The third kappa shape index (κ3) is 2.34. The molecule has 0 fully saturated rings. The normalized spacial score (nSPS) is 11.4. The third-order valence-corrected chi connectivity index (χ3v) is 3.15. The first kappa shape index (κ1) is 11.7. The number of aryl methyl sites for hydroxylation is 2. The summed E-state index contributed by atoms with van der Waals surface area (Å²) in [7, 11) is -3.81. The summed E-state index contributed by atoms with van der Waals surface area (Å²) in [5, 5.41) is 5.00. The number of nitrogens with two attached hydrogens (primary N) is 2. The van der Waals surface area contributed by atoms with Crippen LogP contribution in [0, 0.1) is 13.8 Å². The molecule has 4 N–H and O–H groups in total. The van der Waals surface area contributed by atoms with Gasteiger partial charge in [0.15, 0.2) is 0 Å². The van der Waals surface area contributed by atoms with Crippen LogP contribution < -0.4 is 10.9 Å². The average Bonchev–Trinajstić information content (AvgIpc) is 2.00. The fourth-order valence-corrected chi connectivity index (χ4v) is 2.19. The van der Waals surface area contributed by atoms with Crippen LogP contribution in [-0.4, -0.2) is 14.3 Å². The minimum Gasteiger partial charge on any atom is -0.366 e. The summed E-state index contributed by atoms with van der Waals surface area (Å²) < 4.78 is 22.3. The molecule has 0 atom stereocenters. The number of carbonyl (C=O) groups excluding carboxylic acids is 1. The van der Waals surface area contributed by atoms with Gasteiger partial charge >= 0.3 is 0 Å². The summed E-state index contributed by atoms with van der Waals surface area (Å²) >= 11 is 0. The van der Waals surface area contributed by atoms with Gasteiger partial charge in [-0.3, -0.25) is 4.79 Å². The lowest BCUT2D eigenvalue weighted by atomic mass is 10.1. The largest absolute Gasteiger partial charge is 0.366 e. The number of primary sulfonamides is 1. The van der Waals surface area contributed by atoms with E-state index in [2.05, 4.69) is 0 Å². The Balaban J connectivity index is 3.58. The fraction of sp³-hybridized carbons (Fsp3) is 0.222. The summed E-state index contributed by atoms with van der Waals surface area (Å²) in [6.07, 6.45) is 0. The molecule has 0 radical (unpaired) electrons. The van der Waals surface area contributed by atoms with E-state index >= 15 is 0 Å². The standard InChI is InChI=1S/C9H12N2O3S/c1-5-3-6(2)8(15(11,13)14)4-7(5)9(10)12/h3-4H,1-2H3,(H2,10,12)(H2,11,13,14).